The number of hydrogen-bond donors (Lipinski definition) is 2. The number of hydrogen-bond acceptors (Lipinski definition) is 5. The molecule has 18 heavy (non-hydrogen) atoms. The topological polar surface area (TPSA) is 63.8 Å². The summed E-state index contributed by atoms with van der Waals surface area (Å²) in [6.07, 6.45) is 4.75. The van der Waals surface area contributed by atoms with Crippen LogP contribution >= 0.6 is 11.3 Å². The minimum atomic E-state index is 0.219. The summed E-state index contributed by atoms with van der Waals surface area (Å²) >= 11 is 1.76. The normalized spacial score (nSPS) is 12.6. The van der Waals surface area contributed by atoms with E-state index >= 15 is 0 Å². The molecular formula is C13H18N4S. The molecule has 0 aliphatic rings. The molecule has 0 amide bonds. The fraction of sp³-hybridized carbons (Fsp3) is 0.385. The van der Waals surface area contributed by atoms with Crippen LogP contribution in [-0.2, 0) is 13.0 Å². The van der Waals surface area contributed by atoms with Gasteiger partial charge < -0.3 is 11.1 Å². The van der Waals surface area contributed by atoms with E-state index in [2.05, 4.69) is 29.1 Å². The molecule has 0 spiro atoms. The van der Waals surface area contributed by atoms with Crippen molar-refractivity contribution in [3.05, 3.63) is 40.1 Å². The zero-order chi connectivity index (χ0) is 13.0. The Morgan fingerprint density at radius 1 is 1.44 bits per heavy atom. The highest BCUT2D eigenvalue weighted by Crippen LogP contribution is 2.20. The Hall–Kier alpha value is -1.46. The van der Waals surface area contributed by atoms with Crippen LogP contribution in [0.3, 0.4) is 0 Å². The van der Waals surface area contributed by atoms with Crippen molar-refractivity contribution in [1.29, 1.82) is 0 Å². The zero-order valence-electron chi connectivity index (χ0n) is 10.7. The van der Waals surface area contributed by atoms with Gasteiger partial charge in [-0.2, -0.15) is 0 Å². The lowest BCUT2D eigenvalue weighted by Crippen LogP contribution is -2.19. The molecule has 2 aromatic heterocycles. The zero-order valence-corrected chi connectivity index (χ0v) is 11.5. The van der Waals surface area contributed by atoms with Crippen molar-refractivity contribution in [3.63, 3.8) is 0 Å². The monoisotopic (exact) mass is 262 g/mol. The van der Waals surface area contributed by atoms with E-state index in [0.29, 0.717) is 6.54 Å². The Morgan fingerprint density at radius 2 is 2.28 bits per heavy atom. The van der Waals surface area contributed by atoms with E-state index in [1.165, 1.54) is 4.88 Å². The largest absolute Gasteiger partial charge is 0.397 e. The number of pyridine rings is 1. The average molecular weight is 262 g/mol. The summed E-state index contributed by atoms with van der Waals surface area (Å²) < 4.78 is 0. The van der Waals surface area contributed by atoms with Crippen molar-refractivity contribution in [1.82, 2.24) is 15.3 Å². The quantitative estimate of drug-likeness (QED) is 0.869. The standard InChI is InChI=1S/C13H18N4S/c1-3-10-7-17-13(18-10)9(2)16-8-12-11(14)5-4-6-15-12/h4-7,9,16H,3,8,14H2,1-2H3. The predicted molar refractivity (Wildman–Crippen MR) is 75.4 cm³/mol. The van der Waals surface area contributed by atoms with Crippen LogP contribution in [0.1, 0.15) is 35.5 Å². The fourth-order valence-corrected chi connectivity index (χ4v) is 2.51. The third kappa shape index (κ3) is 3.05. The Labute approximate surface area is 111 Å². The number of nitrogens with two attached hydrogens (primary N) is 1. The molecule has 0 aromatic carbocycles. The summed E-state index contributed by atoms with van der Waals surface area (Å²) in [5.74, 6) is 0. The van der Waals surface area contributed by atoms with Crippen molar-refractivity contribution in [2.24, 2.45) is 0 Å². The Balaban J connectivity index is 1.96. The van der Waals surface area contributed by atoms with Gasteiger partial charge in [-0.3, -0.25) is 4.98 Å². The molecule has 0 aliphatic heterocycles. The van der Waals surface area contributed by atoms with E-state index in [1.54, 1.807) is 17.5 Å². The number of thiazole rings is 1. The SMILES string of the molecule is CCc1cnc(C(C)NCc2ncccc2N)s1. The van der Waals surface area contributed by atoms with Crippen LogP contribution in [0.5, 0.6) is 0 Å². The summed E-state index contributed by atoms with van der Waals surface area (Å²) in [6, 6.07) is 3.93. The lowest BCUT2D eigenvalue weighted by molar-refractivity contribution is 0.566. The lowest BCUT2D eigenvalue weighted by Gasteiger charge is -2.11. The first-order chi connectivity index (χ1) is 8.70. The Kier molecular flexibility index (Phi) is 4.28. The highest BCUT2D eigenvalue weighted by molar-refractivity contribution is 7.11. The van der Waals surface area contributed by atoms with Gasteiger partial charge in [0.25, 0.3) is 0 Å². The predicted octanol–water partition coefficient (Wildman–Crippen LogP) is 2.53. The number of aryl methyl sites for hydroxylation is 1. The van der Waals surface area contributed by atoms with E-state index in [-0.39, 0.29) is 6.04 Å². The van der Waals surface area contributed by atoms with Crippen LogP contribution in [0, 0.1) is 0 Å². The van der Waals surface area contributed by atoms with E-state index in [1.807, 2.05) is 18.3 Å². The molecule has 0 fully saturated rings. The smallest absolute Gasteiger partial charge is 0.109 e. The van der Waals surface area contributed by atoms with Gasteiger partial charge in [0, 0.05) is 23.8 Å². The second kappa shape index (κ2) is 5.93. The van der Waals surface area contributed by atoms with Gasteiger partial charge in [-0.15, -0.1) is 11.3 Å². The molecule has 96 valence electrons. The molecule has 3 N–H and O–H groups in total. The first-order valence-corrected chi connectivity index (χ1v) is 6.89. The van der Waals surface area contributed by atoms with Crippen LogP contribution in [-0.4, -0.2) is 9.97 Å². The van der Waals surface area contributed by atoms with E-state index < -0.39 is 0 Å². The average Bonchev–Trinajstić information content (AvgIpc) is 2.86. The van der Waals surface area contributed by atoms with Gasteiger partial charge >= 0.3 is 0 Å². The molecule has 2 rings (SSSR count). The lowest BCUT2D eigenvalue weighted by atomic mass is 10.2. The molecule has 0 aliphatic carbocycles. The fourth-order valence-electron chi connectivity index (χ4n) is 1.62. The second-order valence-corrected chi connectivity index (χ2v) is 5.31. The highest BCUT2D eigenvalue weighted by atomic mass is 32.1. The second-order valence-electron chi connectivity index (χ2n) is 4.16. The maximum absolute atomic E-state index is 5.86. The van der Waals surface area contributed by atoms with Crippen LogP contribution in [0.2, 0.25) is 0 Å². The number of nitrogens with one attached hydrogen (secondary N) is 1. The first-order valence-electron chi connectivity index (χ1n) is 6.08. The number of rotatable bonds is 5. The number of anilines is 1. The van der Waals surface area contributed by atoms with Crippen LogP contribution in [0.15, 0.2) is 24.5 Å². The van der Waals surface area contributed by atoms with Gasteiger partial charge in [0.05, 0.1) is 17.4 Å². The summed E-state index contributed by atoms with van der Waals surface area (Å²) in [6.45, 7) is 4.91. The summed E-state index contributed by atoms with van der Waals surface area (Å²) in [4.78, 5) is 10.0. The molecule has 0 saturated carbocycles. The van der Waals surface area contributed by atoms with Gasteiger partial charge in [-0.1, -0.05) is 6.92 Å². The van der Waals surface area contributed by atoms with Crippen molar-refractivity contribution in [3.8, 4) is 0 Å². The first kappa shape index (κ1) is 13.0. The minimum Gasteiger partial charge on any atom is -0.397 e. The summed E-state index contributed by atoms with van der Waals surface area (Å²) in [5.41, 5.74) is 7.47. The number of nitrogen functional groups attached to an aromatic ring is 1. The van der Waals surface area contributed by atoms with E-state index in [4.69, 9.17) is 5.73 Å². The van der Waals surface area contributed by atoms with E-state index in [0.717, 1.165) is 22.8 Å². The van der Waals surface area contributed by atoms with Crippen molar-refractivity contribution < 1.29 is 0 Å². The van der Waals surface area contributed by atoms with Gasteiger partial charge in [0.1, 0.15) is 5.01 Å². The van der Waals surface area contributed by atoms with Crippen molar-refractivity contribution in [2.45, 2.75) is 32.9 Å². The molecule has 2 aromatic rings. The third-order valence-electron chi connectivity index (χ3n) is 2.79. The summed E-state index contributed by atoms with van der Waals surface area (Å²) in [7, 11) is 0. The van der Waals surface area contributed by atoms with Crippen molar-refractivity contribution >= 4 is 17.0 Å². The Bertz CT molecular complexity index is 509. The Morgan fingerprint density at radius 3 is 2.94 bits per heavy atom. The maximum Gasteiger partial charge on any atom is 0.109 e. The van der Waals surface area contributed by atoms with Gasteiger partial charge in [0.2, 0.25) is 0 Å². The number of nitrogens with zero attached hydrogens (tertiary/aromatic N) is 2. The molecule has 1 atom stereocenters. The van der Waals surface area contributed by atoms with Crippen molar-refractivity contribution in [2.75, 3.05) is 5.73 Å². The van der Waals surface area contributed by atoms with Crippen LogP contribution < -0.4 is 11.1 Å². The van der Waals surface area contributed by atoms with Gasteiger partial charge in [0.15, 0.2) is 0 Å². The molecule has 5 heteroatoms. The number of aromatic nitrogens is 2. The van der Waals surface area contributed by atoms with E-state index in [9.17, 15) is 0 Å². The van der Waals surface area contributed by atoms with Crippen LogP contribution in [0.25, 0.3) is 0 Å². The molecule has 0 radical (unpaired) electrons. The van der Waals surface area contributed by atoms with Gasteiger partial charge in [-0.25, -0.2) is 4.98 Å². The highest BCUT2D eigenvalue weighted by Gasteiger charge is 2.10. The van der Waals surface area contributed by atoms with Crippen LogP contribution in [0.4, 0.5) is 5.69 Å². The minimum absolute atomic E-state index is 0.219. The molecule has 2 heterocycles. The maximum atomic E-state index is 5.86. The third-order valence-corrected chi connectivity index (χ3v) is 4.12. The molecule has 1 unspecified atom stereocenters. The van der Waals surface area contributed by atoms with Gasteiger partial charge in [-0.05, 0) is 25.5 Å². The molecule has 0 bridgehead atoms. The summed E-state index contributed by atoms with van der Waals surface area (Å²) in [5, 5.41) is 4.51. The molecule has 4 nitrogen and oxygen atoms in total. The molecule has 0 saturated heterocycles. The molecular weight excluding hydrogens is 244 g/mol.